The van der Waals surface area contributed by atoms with Gasteiger partial charge in [-0.2, -0.15) is 9.40 Å². The summed E-state index contributed by atoms with van der Waals surface area (Å²) in [7, 11) is -2.17. The highest BCUT2D eigenvalue weighted by Gasteiger charge is 2.38. The smallest absolute Gasteiger partial charge is 0.251 e. The van der Waals surface area contributed by atoms with E-state index in [2.05, 4.69) is 10.4 Å². The zero-order valence-corrected chi connectivity index (χ0v) is 15.5. The number of nitrogens with one attached hydrogen (secondary N) is 1. The maximum atomic E-state index is 13.3. The van der Waals surface area contributed by atoms with Gasteiger partial charge in [-0.3, -0.25) is 9.48 Å². The highest BCUT2D eigenvalue weighted by Crippen LogP contribution is 2.30. The first kappa shape index (κ1) is 19.4. The SMILES string of the molecule is Cn1cc(CNC(=O)c2cccc(S(=O)(=O)N3CCC(F)(F)CC3)c2)cn1. The number of nitrogens with zero attached hydrogens (tertiary/aromatic N) is 3. The summed E-state index contributed by atoms with van der Waals surface area (Å²) in [4.78, 5) is 12.2. The summed E-state index contributed by atoms with van der Waals surface area (Å²) in [6.45, 7) is -0.232. The second kappa shape index (κ2) is 7.35. The molecule has 3 rings (SSSR count). The van der Waals surface area contributed by atoms with Crippen LogP contribution >= 0.6 is 0 Å². The molecule has 1 fully saturated rings. The lowest BCUT2D eigenvalue weighted by Crippen LogP contribution is -2.42. The van der Waals surface area contributed by atoms with E-state index in [1.807, 2.05) is 0 Å². The maximum absolute atomic E-state index is 13.3. The van der Waals surface area contributed by atoms with Crippen molar-refractivity contribution in [1.29, 1.82) is 0 Å². The molecule has 1 saturated heterocycles. The summed E-state index contributed by atoms with van der Waals surface area (Å²) >= 11 is 0. The van der Waals surface area contributed by atoms with Crippen molar-refractivity contribution in [3.8, 4) is 0 Å². The van der Waals surface area contributed by atoms with Gasteiger partial charge in [0.1, 0.15) is 0 Å². The molecule has 1 N–H and O–H groups in total. The molecule has 1 aromatic heterocycles. The molecule has 0 atom stereocenters. The number of benzene rings is 1. The zero-order chi connectivity index (χ0) is 19.7. The number of sulfonamides is 1. The third-order valence-electron chi connectivity index (χ3n) is 4.40. The fraction of sp³-hybridized carbons (Fsp3) is 0.412. The van der Waals surface area contributed by atoms with Crippen LogP contribution in [0.5, 0.6) is 0 Å². The first-order valence-electron chi connectivity index (χ1n) is 8.41. The largest absolute Gasteiger partial charge is 0.348 e. The first-order valence-corrected chi connectivity index (χ1v) is 9.85. The van der Waals surface area contributed by atoms with Crippen LogP contribution < -0.4 is 5.32 Å². The molecular weight excluding hydrogens is 378 g/mol. The van der Waals surface area contributed by atoms with Gasteiger partial charge in [-0.1, -0.05) is 6.07 Å². The standard InChI is InChI=1S/C17H20F2N4O3S/c1-22-12-13(11-21-22)10-20-16(24)14-3-2-4-15(9-14)27(25,26)23-7-5-17(18,19)6-8-23/h2-4,9,11-12H,5-8,10H2,1H3,(H,20,24). The minimum absolute atomic E-state index is 0.0817. The lowest BCUT2D eigenvalue weighted by molar-refractivity contribution is -0.0412. The van der Waals surface area contributed by atoms with Crippen molar-refractivity contribution in [2.75, 3.05) is 13.1 Å². The van der Waals surface area contributed by atoms with Gasteiger partial charge in [0.15, 0.2) is 0 Å². The fourth-order valence-electron chi connectivity index (χ4n) is 2.85. The molecule has 2 aromatic rings. The topological polar surface area (TPSA) is 84.3 Å². The van der Waals surface area contributed by atoms with Gasteiger partial charge >= 0.3 is 0 Å². The molecule has 146 valence electrons. The number of alkyl halides is 2. The van der Waals surface area contributed by atoms with E-state index >= 15 is 0 Å². The summed E-state index contributed by atoms with van der Waals surface area (Å²) < 4.78 is 54.6. The van der Waals surface area contributed by atoms with Crippen molar-refractivity contribution in [3.63, 3.8) is 0 Å². The second-order valence-corrected chi connectivity index (χ2v) is 8.43. The Morgan fingerprint density at radius 1 is 1.30 bits per heavy atom. The Kier molecular flexibility index (Phi) is 5.29. The van der Waals surface area contributed by atoms with Crippen LogP contribution in [0, 0.1) is 0 Å². The zero-order valence-electron chi connectivity index (χ0n) is 14.7. The Labute approximate surface area is 156 Å². The molecule has 0 spiro atoms. The minimum atomic E-state index is -3.93. The third-order valence-corrected chi connectivity index (χ3v) is 6.29. The Morgan fingerprint density at radius 2 is 2.00 bits per heavy atom. The summed E-state index contributed by atoms with van der Waals surface area (Å²) in [5, 5.41) is 6.70. The van der Waals surface area contributed by atoms with Crippen molar-refractivity contribution in [2.45, 2.75) is 30.2 Å². The van der Waals surface area contributed by atoms with Crippen LogP contribution in [0.25, 0.3) is 0 Å². The molecule has 27 heavy (non-hydrogen) atoms. The van der Waals surface area contributed by atoms with Crippen molar-refractivity contribution in [3.05, 3.63) is 47.8 Å². The van der Waals surface area contributed by atoms with E-state index < -0.39 is 34.7 Å². The van der Waals surface area contributed by atoms with Gasteiger partial charge < -0.3 is 5.32 Å². The number of carbonyl (C=O) groups is 1. The van der Waals surface area contributed by atoms with Crippen molar-refractivity contribution in [2.24, 2.45) is 7.05 Å². The van der Waals surface area contributed by atoms with Gasteiger partial charge in [-0.05, 0) is 18.2 Å². The first-order chi connectivity index (χ1) is 12.7. The molecule has 1 aliphatic heterocycles. The predicted molar refractivity (Wildman–Crippen MR) is 93.8 cm³/mol. The van der Waals surface area contributed by atoms with Crippen molar-refractivity contribution < 1.29 is 22.0 Å². The van der Waals surface area contributed by atoms with Crippen LogP contribution in [-0.4, -0.2) is 47.4 Å². The number of aromatic nitrogens is 2. The molecular formula is C17H20F2N4O3S. The molecule has 1 aromatic carbocycles. The number of carbonyl (C=O) groups excluding carboxylic acids is 1. The van der Waals surface area contributed by atoms with Crippen LogP contribution in [0.2, 0.25) is 0 Å². The maximum Gasteiger partial charge on any atom is 0.251 e. The van der Waals surface area contributed by atoms with E-state index in [1.54, 1.807) is 24.1 Å². The number of amides is 1. The molecule has 0 unspecified atom stereocenters. The van der Waals surface area contributed by atoms with Gasteiger partial charge in [-0.25, -0.2) is 17.2 Å². The molecule has 1 aliphatic rings. The van der Waals surface area contributed by atoms with E-state index in [0.29, 0.717) is 0 Å². The van der Waals surface area contributed by atoms with Crippen LogP contribution in [0.15, 0.2) is 41.6 Å². The lowest BCUT2D eigenvalue weighted by Gasteiger charge is -2.30. The van der Waals surface area contributed by atoms with Gasteiger partial charge in [0.2, 0.25) is 10.0 Å². The number of hydrogen-bond acceptors (Lipinski definition) is 4. The van der Waals surface area contributed by atoms with Gasteiger partial charge in [0.05, 0.1) is 11.1 Å². The quantitative estimate of drug-likeness (QED) is 0.832. The van der Waals surface area contributed by atoms with E-state index in [4.69, 9.17) is 0 Å². The lowest BCUT2D eigenvalue weighted by atomic mass is 10.1. The molecule has 1 amide bonds. The number of aryl methyl sites for hydroxylation is 1. The van der Waals surface area contributed by atoms with E-state index in [0.717, 1.165) is 9.87 Å². The molecule has 10 heteroatoms. The van der Waals surface area contributed by atoms with Crippen molar-refractivity contribution in [1.82, 2.24) is 19.4 Å². The van der Waals surface area contributed by atoms with Crippen LogP contribution in [0.3, 0.4) is 0 Å². The molecule has 0 radical (unpaired) electrons. The van der Waals surface area contributed by atoms with Crippen molar-refractivity contribution >= 4 is 15.9 Å². The Morgan fingerprint density at radius 3 is 2.63 bits per heavy atom. The summed E-state index contributed by atoms with van der Waals surface area (Å²) in [5.74, 6) is -3.26. The van der Waals surface area contributed by atoms with Crippen LogP contribution in [0.1, 0.15) is 28.8 Å². The molecule has 0 saturated carbocycles. The monoisotopic (exact) mass is 398 g/mol. The summed E-state index contributed by atoms with van der Waals surface area (Å²) in [6, 6.07) is 5.59. The molecule has 0 aliphatic carbocycles. The van der Waals surface area contributed by atoms with E-state index in [9.17, 15) is 22.0 Å². The fourth-order valence-corrected chi connectivity index (χ4v) is 4.34. The van der Waals surface area contributed by atoms with Gasteiger partial charge in [-0.15, -0.1) is 0 Å². The molecule has 0 bridgehead atoms. The highest BCUT2D eigenvalue weighted by atomic mass is 32.2. The van der Waals surface area contributed by atoms with Crippen LogP contribution in [-0.2, 0) is 23.6 Å². The number of rotatable bonds is 5. The minimum Gasteiger partial charge on any atom is -0.348 e. The normalized spacial score (nSPS) is 17.6. The van der Waals surface area contributed by atoms with E-state index in [1.165, 1.54) is 24.3 Å². The highest BCUT2D eigenvalue weighted by molar-refractivity contribution is 7.89. The van der Waals surface area contributed by atoms with Gasteiger partial charge in [0.25, 0.3) is 11.8 Å². The van der Waals surface area contributed by atoms with Crippen LogP contribution in [0.4, 0.5) is 8.78 Å². The third kappa shape index (κ3) is 4.51. The Bertz CT molecular complexity index is 933. The van der Waals surface area contributed by atoms with Gasteiger partial charge in [0, 0.05) is 56.8 Å². The van der Waals surface area contributed by atoms with E-state index in [-0.39, 0.29) is 30.1 Å². The number of hydrogen-bond donors (Lipinski definition) is 1. The summed E-state index contributed by atoms with van der Waals surface area (Å²) in [5.41, 5.74) is 0.992. The average Bonchev–Trinajstić information content (AvgIpc) is 3.05. The second-order valence-electron chi connectivity index (χ2n) is 6.49. The predicted octanol–water partition coefficient (Wildman–Crippen LogP) is 1.77. The molecule has 7 nitrogen and oxygen atoms in total. The Balaban J connectivity index is 1.71. The molecule has 2 heterocycles. The average molecular weight is 398 g/mol. The number of halogens is 2. The Hall–Kier alpha value is -2.33. The summed E-state index contributed by atoms with van der Waals surface area (Å²) in [6.07, 6.45) is 2.37. The number of piperidine rings is 1.